The third kappa shape index (κ3) is 5.18. The van der Waals surface area contributed by atoms with Gasteiger partial charge in [-0.15, -0.1) is 0 Å². The predicted octanol–water partition coefficient (Wildman–Crippen LogP) is 4.91. The number of carbonyl (C=O) groups excluding carboxylic acids is 1. The second kappa shape index (κ2) is 10.3. The van der Waals surface area contributed by atoms with Crippen LogP contribution < -0.4 is 9.62 Å². The van der Waals surface area contributed by atoms with Gasteiger partial charge in [0.2, 0.25) is 0 Å². The topological polar surface area (TPSA) is 95.4 Å². The summed E-state index contributed by atoms with van der Waals surface area (Å²) in [4.78, 5) is 21.7. The Morgan fingerprint density at radius 2 is 1.76 bits per heavy atom. The van der Waals surface area contributed by atoms with E-state index in [1.165, 1.54) is 28.8 Å². The number of rotatable bonds is 7. The number of hydrogen-bond donors (Lipinski definition) is 2. The molecule has 1 aromatic heterocycles. The zero-order chi connectivity index (χ0) is 23.4. The van der Waals surface area contributed by atoms with E-state index in [4.69, 9.17) is 0 Å². The van der Waals surface area contributed by atoms with Gasteiger partial charge in [0.25, 0.3) is 17.2 Å². The van der Waals surface area contributed by atoms with Gasteiger partial charge in [0, 0.05) is 23.4 Å². The molecule has 0 aliphatic carbocycles. The Hall–Kier alpha value is -2.96. The molecule has 1 atom stereocenters. The smallest absolute Gasteiger partial charge is 0.266 e. The zero-order valence-electron chi connectivity index (χ0n) is 17.1. The molecular formula is C23H18FIN4O3S. The maximum atomic E-state index is 13.2. The number of benzene rings is 3. The number of amides is 1. The lowest BCUT2D eigenvalue weighted by Gasteiger charge is -2.24. The van der Waals surface area contributed by atoms with E-state index in [1.807, 2.05) is 0 Å². The van der Waals surface area contributed by atoms with Crippen molar-refractivity contribution in [2.45, 2.75) is 11.0 Å². The van der Waals surface area contributed by atoms with Crippen molar-refractivity contribution in [2.75, 3.05) is 4.31 Å². The normalized spacial score (nSPS) is 11.8. The zero-order valence-corrected chi connectivity index (χ0v) is 20.1. The molecule has 4 aromatic rings. The van der Waals surface area contributed by atoms with Crippen LogP contribution in [-0.4, -0.2) is 24.6 Å². The average Bonchev–Trinajstić information content (AvgIpc) is 2.83. The van der Waals surface area contributed by atoms with Crippen LogP contribution >= 0.6 is 22.6 Å². The standard InChI is InChI=1S/C23H18FIN4O3S/c24-17-7-4-15(5-8-17)14-28-23(30)18-9-6-16(13-25)12-21(18)29(33(31)32)20-3-1-2-19-22(20)27-11-10-26-19/h1-12H,13-14H2,(H,28,30)(H,31,32). The molecule has 3 aromatic carbocycles. The lowest BCUT2D eigenvalue weighted by Crippen LogP contribution is -2.27. The van der Waals surface area contributed by atoms with E-state index in [-0.39, 0.29) is 23.6 Å². The van der Waals surface area contributed by atoms with Crippen molar-refractivity contribution < 1.29 is 17.9 Å². The number of hydrogen-bond acceptors (Lipinski definition) is 4. The van der Waals surface area contributed by atoms with Crippen molar-refractivity contribution in [1.29, 1.82) is 0 Å². The number of anilines is 2. The number of fused-ring (bicyclic) bond motifs is 1. The summed E-state index contributed by atoms with van der Waals surface area (Å²) >= 11 is -0.314. The van der Waals surface area contributed by atoms with Gasteiger partial charge in [0.05, 0.1) is 22.5 Å². The minimum absolute atomic E-state index is 0.175. The van der Waals surface area contributed by atoms with Crippen molar-refractivity contribution in [1.82, 2.24) is 15.3 Å². The average molecular weight is 576 g/mol. The lowest BCUT2D eigenvalue weighted by molar-refractivity contribution is 0.0951. The quantitative estimate of drug-likeness (QED) is 0.185. The van der Waals surface area contributed by atoms with Crippen LogP contribution in [0.5, 0.6) is 0 Å². The Morgan fingerprint density at radius 1 is 1.03 bits per heavy atom. The molecule has 0 bridgehead atoms. The molecule has 1 amide bonds. The highest BCUT2D eigenvalue weighted by Gasteiger charge is 2.24. The molecule has 0 saturated carbocycles. The van der Waals surface area contributed by atoms with Gasteiger partial charge < -0.3 is 5.32 Å². The van der Waals surface area contributed by atoms with Crippen LogP contribution in [0, 0.1) is 5.82 Å². The Balaban J connectivity index is 1.76. The lowest BCUT2D eigenvalue weighted by atomic mass is 10.1. The van der Waals surface area contributed by atoms with Gasteiger partial charge in [-0.1, -0.05) is 46.9 Å². The van der Waals surface area contributed by atoms with Crippen LogP contribution in [-0.2, 0) is 22.2 Å². The van der Waals surface area contributed by atoms with Gasteiger partial charge >= 0.3 is 0 Å². The number of aromatic nitrogens is 2. The molecular weight excluding hydrogens is 558 g/mol. The first-order chi connectivity index (χ1) is 16.0. The summed E-state index contributed by atoms with van der Waals surface area (Å²) in [6.45, 7) is 0.175. The molecule has 168 valence electrons. The SMILES string of the molecule is O=C(NCc1ccc(F)cc1)c1ccc(CI)cc1N(c1cccc2nccnc12)S(=O)O. The molecule has 33 heavy (non-hydrogen) atoms. The summed E-state index contributed by atoms with van der Waals surface area (Å²) in [5, 5.41) is 2.80. The Kier molecular flexibility index (Phi) is 7.26. The van der Waals surface area contributed by atoms with Gasteiger partial charge in [-0.25, -0.2) is 12.9 Å². The van der Waals surface area contributed by atoms with Crippen LogP contribution in [0.15, 0.2) is 73.1 Å². The number of alkyl halides is 1. The molecule has 0 aliphatic rings. The Bertz CT molecular complexity index is 1330. The van der Waals surface area contributed by atoms with Crippen LogP contribution in [0.25, 0.3) is 11.0 Å². The van der Waals surface area contributed by atoms with E-state index < -0.39 is 17.2 Å². The van der Waals surface area contributed by atoms with Crippen molar-refractivity contribution in [3.05, 3.63) is 95.6 Å². The number of halogens is 2. The van der Waals surface area contributed by atoms with Crippen LogP contribution in [0.4, 0.5) is 15.8 Å². The summed E-state index contributed by atoms with van der Waals surface area (Å²) in [5.74, 6) is -0.794. The highest BCUT2D eigenvalue weighted by molar-refractivity contribution is 14.1. The van der Waals surface area contributed by atoms with E-state index in [9.17, 15) is 17.9 Å². The molecule has 4 rings (SSSR count). The fourth-order valence-corrected chi connectivity index (χ4v) is 4.45. The highest BCUT2D eigenvalue weighted by atomic mass is 127. The van der Waals surface area contributed by atoms with E-state index in [0.29, 0.717) is 21.1 Å². The first kappa shape index (κ1) is 23.2. The Morgan fingerprint density at radius 3 is 2.48 bits per heavy atom. The molecule has 1 unspecified atom stereocenters. The molecule has 7 nitrogen and oxygen atoms in total. The van der Waals surface area contributed by atoms with Gasteiger partial charge in [-0.3, -0.25) is 19.3 Å². The molecule has 1 heterocycles. The minimum Gasteiger partial charge on any atom is -0.348 e. The second-order valence-corrected chi connectivity index (χ2v) is 8.61. The molecule has 2 N–H and O–H groups in total. The summed E-state index contributed by atoms with van der Waals surface area (Å²) in [7, 11) is 0. The second-order valence-electron chi connectivity index (χ2n) is 7.02. The number of nitrogens with zero attached hydrogens (tertiary/aromatic N) is 3. The minimum atomic E-state index is -2.50. The maximum absolute atomic E-state index is 13.2. The van der Waals surface area contributed by atoms with E-state index >= 15 is 0 Å². The van der Waals surface area contributed by atoms with Crippen molar-refractivity contribution in [2.24, 2.45) is 0 Å². The van der Waals surface area contributed by atoms with Gasteiger partial charge in [0.1, 0.15) is 11.3 Å². The fourth-order valence-electron chi connectivity index (χ4n) is 3.34. The first-order valence-corrected chi connectivity index (χ1v) is 12.4. The molecule has 0 fully saturated rings. The molecule has 10 heteroatoms. The van der Waals surface area contributed by atoms with Crippen molar-refractivity contribution in [3.63, 3.8) is 0 Å². The van der Waals surface area contributed by atoms with Crippen LogP contribution in [0.3, 0.4) is 0 Å². The first-order valence-electron chi connectivity index (χ1n) is 9.80. The monoisotopic (exact) mass is 576 g/mol. The summed E-state index contributed by atoms with van der Waals surface area (Å²) in [6.07, 6.45) is 3.04. The van der Waals surface area contributed by atoms with E-state index in [2.05, 4.69) is 37.9 Å². The fraction of sp³-hybridized carbons (Fsp3) is 0.0870. The third-order valence-electron chi connectivity index (χ3n) is 4.90. The third-order valence-corrected chi connectivity index (χ3v) is 6.49. The maximum Gasteiger partial charge on any atom is 0.266 e. The summed E-state index contributed by atoms with van der Waals surface area (Å²) < 4.78 is 37.8. The largest absolute Gasteiger partial charge is 0.348 e. The van der Waals surface area contributed by atoms with Crippen LogP contribution in [0.2, 0.25) is 0 Å². The number of para-hydroxylation sites is 1. The van der Waals surface area contributed by atoms with E-state index in [1.54, 1.807) is 48.5 Å². The molecule has 0 radical (unpaired) electrons. The van der Waals surface area contributed by atoms with Crippen LogP contribution in [0.1, 0.15) is 21.5 Å². The molecule has 0 aliphatic heterocycles. The summed E-state index contributed by atoms with van der Waals surface area (Å²) in [5.41, 5.74) is 3.41. The van der Waals surface area contributed by atoms with Crippen molar-refractivity contribution >= 4 is 62.2 Å². The van der Waals surface area contributed by atoms with Gasteiger partial charge in [0.15, 0.2) is 0 Å². The Labute approximate surface area is 205 Å². The number of nitrogens with one attached hydrogen (secondary N) is 1. The van der Waals surface area contributed by atoms with E-state index in [0.717, 1.165) is 11.1 Å². The van der Waals surface area contributed by atoms with Gasteiger partial charge in [-0.2, -0.15) is 0 Å². The predicted molar refractivity (Wildman–Crippen MR) is 134 cm³/mol. The highest BCUT2D eigenvalue weighted by Crippen LogP contribution is 2.35. The van der Waals surface area contributed by atoms with Gasteiger partial charge in [-0.05, 0) is 47.5 Å². The van der Waals surface area contributed by atoms with Crippen molar-refractivity contribution in [3.8, 4) is 0 Å². The molecule has 0 saturated heterocycles. The number of carbonyl (C=O) groups is 1. The molecule has 0 spiro atoms. The summed E-state index contributed by atoms with van der Waals surface area (Å²) in [6, 6.07) is 16.1.